The van der Waals surface area contributed by atoms with E-state index in [1.165, 1.54) is 0 Å². The second-order valence-corrected chi connectivity index (χ2v) is 3.99. The number of imide groups is 1. The summed E-state index contributed by atoms with van der Waals surface area (Å²) in [5.41, 5.74) is -0.272. The summed E-state index contributed by atoms with van der Waals surface area (Å²) in [4.78, 5) is 22.8. The van der Waals surface area contributed by atoms with Crippen molar-refractivity contribution < 1.29 is 14.3 Å². The third kappa shape index (κ3) is 1.95. The molecule has 0 aromatic heterocycles. The van der Waals surface area contributed by atoms with Crippen LogP contribution in [0.1, 0.15) is 19.4 Å². The highest BCUT2D eigenvalue weighted by Crippen LogP contribution is 2.26. The lowest BCUT2D eigenvalue weighted by molar-refractivity contribution is -0.123. The van der Waals surface area contributed by atoms with Gasteiger partial charge in [0.25, 0.3) is 5.91 Å². The predicted molar refractivity (Wildman–Crippen MR) is 61.6 cm³/mol. The predicted octanol–water partition coefficient (Wildman–Crippen LogP) is 1.14. The summed E-state index contributed by atoms with van der Waals surface area (Å²) in [6.45, 7) is 4.16. The lowest BCUT2D eigenvalue weighted by Gasteiger charge is -2.21. The Morgan fingerprint density at radius 3 is 2.35 bits per heavy atom. The summed E-state index contributed by atoms with van der Waals surface area (Å²) in [5.74, 6) is 0.399. The van der Waals surface area contributed by atoms with E-state index in [4.69, 9.17) is 4.74 Å². The fraction of sp³-hybridized carbons (Fsp3) is 0.333. The monoisotopic (exact) mass is 234 g/mol. The van der Waals surface area contributed by atoms with Crippen LogP contribution >= 0.6 is 0 Å². The molecule has 0 unspecified atom stereocenters. The van der Waals surface area contributed by atoms with Crippen LogP contribution in [0.3, 0.4) is 0 Å². The van der Waals surface area contributed by atoms with Gasteiger partial charge in [0.1, 0.15) is 11.3 Å². The first kappa shape index (κ1) is 11.4. The molecule has 1 aromatic carbocycles. The molecule has 0 bridgehead atoms. The average Bonchev–Trinajstić information content (AvgIpc) is 2.55. The van der Waals surface area contributed by atoms with Crippen molar-refractivity contribution in [3.05, 3.63) is 29.8 Å². The van der Waals surface area contributed by atoms with Crippen LogP contribution in [0.4, 0.5) is 4.79 Å². The van der Waals surface area contributed by atoms with Crippen molar-refractivity contribution in [2.24, 2.45) is 0 Å². The maximum absolute atomic E-state index is 11.7. The second kappa shape index (κ2) is 4.08. The van der Waals surface area contributed by atoms with Crippen LogP contribution in [0.5, 0.6) is 5.75 Å². The summed E-state index contributed by atoms with van der Waals surface area (Å²) < 4.78 is 5.32. The lowest BCUT2D eigenvalue weighted by Crippen LogP contribution is -2.40. The highest BCUT2D eigenvalue weighted by molar-refractivity contribution is 6.07. The van der Waals surface area contributed by atoms with Gasteiger partial charge in [-0.2, -0.15) is 0 Å². The third-order valence-corrected chi connectivity index (χ3v) is 2.79. The molecule has 5 nitrogen and oxygen atoms in total. The van der Waals surface area contributed by atoms with Crippen LogP contribution in [-0.4, -0.2) is 18.5 Å². The van der Waals surface area contributed by atoms with E-state index in [1.807, 2.05) is 6.92 Å². The van der Waals surface area contributed by atoms with Crippen molar-refractivity contribution >= 4 is 11.9 Å². The number of carbonyl (C=O) groups excluding carboxylic acids is 2. The Morgan fingerprint density at radius 2 is 1.88 bits per heavy atom. The number of amides is 3. The maximum atomic E-state index is 11.7. The number of rotatable bonds is 3. The fourth-order valence-corrected chi connectivity index (χ4v) is 1.80. The Balaban J connectivity index is 2.28. The van der Waals surface area contributed by atoms with Gasteiger partial charge in [-0.3, -0.25) is 10.1 Å². The van der Waals surface area contributed by atoms with Gasteiger partial charge < -0.3 is 10.1 Å². The molecule has 0 radical (unpaired) electrons. The molecule has 3 amide bonds. The zero-order chi connectivity index (χ0) is 12.5. The van der Waals surface area contributed by atoms with E-state index < -0.39 is 11.6 Å². The molecule has 1 aliphatic rings. The highest BCUT2D eigenvalue weighted by Gasteiger charge is 2.43. The highest BCUT2D eigenvalue weighted by atomic mass is 16.5. The maximum Gasteiger partial charge on any atom is 0.322 e. The molecule has 90 valence electrons. The minimum absolute atomic E-state index is 0.341. The molecule has 0 spiro atoms. The van der Waals surface area contributed by atoms with E-state index in [9.17, 15) is 9.59 Å². The van der Waals surface area contributed by atoms with Crippen molar-refractivity contribution in [3.63, 3.8) is 0 Å². The number of urea groups is 1. The number of benzene rings is 1. The van der Waals surface area contributed by atoms with Crippen LogP contribution in [0.2, 0.25) is 0 Å². The molecule has 5 heteroatoms. The second-order valence-electron chi connectivity index (χ2n) is 3.99. The van der Waals surface area contributed by atoms with Gasteiger partial charge in [-0.05, 0) is 31.5 Å². The van der Waals surface area contributed by atoms with E-state index in [1.54, 1.807) is 31.2 Å². The standard InChI is InChI=1S/C12H14N2O3/c1-3-17-9-6-4-8(5-7-9)12(2)10(15)13-11(16)14-12/h4-7H,3H2,1-2H3,(H2,13,14,15,16)/t12-/m1/s1. The minimum atomic E-state index is -0.998. The van der Waals surface area contributed by atoms with Gasteiger partial charge in [-0.15, -0.1) is 0 Å². The molecule has 1 fully saturated rings. The molecule has 2 rings (SSSR count). The number of hydrogen-bond acceptors (Lipinski definition) is 3. The van der Waals surface area contributed by atoms with Crippen LogP contribution in [0, 0.1) is 0 Å². The Morgan fingerprint density at radius 1 is 1.24 bits per heavy atom. The van der Waals surface area contributed by atoms with Crippen LogP contribution in [-0.2, 0) is 10.3 Å². The zero-order valence-electron chi connectivity index (χ0n) is 9.74. The molecular formula is C12H14N2O3. The van der Waals surface area contributed by atoms with Crippen LogP contribution < -0.4 is 15.4 Å². The topological polar surface area (TPSA) is 67.4 Å². The Labute approximate surface area is 99.2 Å². The SMILES string of the molecule is CCOc1ccc([C@@]2(C)NC(=O)NC2=O)cc1. The zero-order valence-corrected chi connectivity index (χ0v) is 9.74. The number of carbonyl (C=O) groups is 2. The lowest BCUT2D eigenvalue weighted by atomic mass is 9.92. The summed E-state index contributed by atoms with van der Waals surface area (Å²) >= 11 is 0. The summed E-state index contributed by atoms with van der Waals surface area (Å²) in [6.07, 6.45) is 0. The van der Waals surface area contributed by atoms with Gasteiger partial charge in [0.15, 0.2) is 0 Å². The average molecular weight is 234 g/mol. The molecule has 1 aliphatic heterocycles. The quantitative estimate of drug-likeness (QED) is 0.771. The van der Waals surface area contributed by atoms with Crippen LogP contribution in [0.15, 0.2) is 24.3 Å². The van der Waals surface area contributed by atoms with E-state index in [0.29, 0.717) is 6.61 Å². The van der Waals surface area contributed by atoms with Crippen LogP contribution in [0.25, 0.3) is 0 Å². The minimum Gasteiger partial charge on any atom is -0.494 e. The largest absolute Gasteiger partial charge is 0.494 e. The summed E-state index contributed by atoms with van der Waals surface area (Å²) in [5, 5.41) is 4.83. The number of nitrogens with one attached hydrogen (secondary N) is 2. The van der Waals surface area contributed by atoms with Gasteiger partial charge in [0.2, 0.25) is 0 Å². The smallest absolute Gasteiger partial charge is 0.322 e. The first-order valence-corrected chi connectivity index (χ1v) is 5.43. The van der Waals surface area contributed by atoms with E-state index in [-0.39, 0.29) is 5.91 Å². The molecule has 1 saturated heterocycles. The van der Waals surface area contributed by atoms with Gasteiger partial charge in [0, 0.05) is 0 Å². The van der Waals surface area contributed by atoms with E-state index in [0.717, 1.165) is 11.3 Å². The first-order valence-electron chi connectivity index (χ1n) is 5.43. The molecule has 2 N–H and O–H groups in total. The van der Waals surface area contributed by atoms with Gasteiger partial charge in [0.05, 0.1) is 6.61 Å². The Hall–Kier alpha value is -2.04. The Kier molecular flexibility index (Phi) is 2.75. The number of ether oxygens (including phenoxy) is 1. The van der Waals surface area contributed by atoms with Crippen molar-refractivity contribution in [2.45, 2.75) is 19.4 Å². The molecule has 1 heterocycles. The third-order valence-electron chi connectivity index (χ3n) is 2.79. The molecule has 1 atom stereocenters. The van der Waals surface area contributed by atoms with E-state index >= 15 is 0 Å². The van der Waals surface area contributed by atoms with Crippen molar-refractivity contribution in [2.75, 3.05) is 6.61 Å². The first-order chi connectivity index (χ1) is 8.06. The summed E-state index contributed by atoms with van der Waals surface area (Å²) in [7, 11) is 0. The molecule has 0 aliphatic carbocycles. The normalized spacial score (nSPS) is 23.2. The van der Waals surface area contributed by atoms with Gasteiger partial charge in [-0.1, -0.05) is 12.1 Å². The van der Waals surface area contributed by atoms with Crippen molar-refractivity contribution in [3.8, 4) is 5.75 Å². The molecular weight excluding hydrogens is 220 g/mol. The Bertz CT molecular complexity index is 455. The molecule has 17 heavy (non-hydrogen) atoms. The van der Waals surface area contributed by atoms with Crippen molar-refractivity contribution in [1.82, 2.24) is 10.6 Å². The fourth-order valence-electron chi connectivity index (χ4n) is 1.80. The molecule has 0 saturated carbocycles. The van der Waals surface area contributed by atoms with Gasteiger partial charge >= 0.3 is 6.03 Å². The van der Waals surface area contributed by atoms with Crippen molar-refractivity contribution in [1.29, 1.82) is 0 Å². The van der Waals surface area contributed by atoms with Gasteiger partial charge in [-0.25, -0.2) is 4.79 Å². The summed E-state index contributed by atoms with van der Waals surface area (Å²) in [6, 6.07) is 6.64. The molecule has 1 aromatic rings. The number of hydrogen-bond donors (Lipinski definition) is 2. The van der Waals surface area contributed by atoms with E-state index in [2.05, 4.69) is 10.6 Å².